The summed E-state index contributed by atoms with van der Waals surface area (Å²) in [6.45, 7) is 0.272. The number of carbonyl (C=O) groups excluding carboxylic acids is 2. The van der Waals surface area contributed by atoms with Crippen molar-refractivity contribution in [2.24, 2.45) is 5.92 Å². The smallest absolute Gasteiger partial charge is 0.246 e. The number of hydrogen-bond donors (Lipinski definition) is 1. The van der Waals surface area contributed by atoms with Crippen LogP contribution < -0.4 is 5.32 Å². The van der Waals surface area contributed by atoms with E-state index in [1.807, 2.05) is 16.7 Å². The molecule has 3 fully saturated rings. The second-order valence-electron chi connectivity index (χ2n) is 6.73. The van der Waals surface area contributed by atoms with Crippen molar-refractivity contribution in [2.75, 3.05) is 12.8 Å². The number of rotatable bonds is 3. The van der Waals surface area contributed by atoms with Crippen LogP contribution in [0, 0.1) is 5.92 Å². The van der Waals surface area contributed by atoms with Gasteiger partial charge in [-0.25, -0.2) is 0 Å². The molecule has 1 heterocycles. The Balaban J connectivity index is 1.69. The zero-order chi connectivity index (χ0) is 14.8. The van der Waals surface area contributed by atoms with Crippen LogP contribution >= 0.6 is 11.8 Å². The highest BCUT2D eigenvalue weighted by molar-refractivity contribution is 7.99. The van der Waals surface area contributed by atoms with Gasteiger partial charge in [-0.2, -0.15) is 11.8 Å². The van der Waals surface area contributed by atoms with E-state index < -0.39 is 0 Å². The predicted molar refractivity (Wildman–Crippen MR) is 85.2 cm³/mol. The molecule has 1 aliphatic heterocycles. The Hall–Kier alpha value is -0.710. The summed E-state index contributed by atoms with van der Waals surface area (Å²) in [6, 6.07) is 0.0342. The van der Waals surface area contributed by atoms with Crippen LogP contribution in [0.3, 0.4) is 0 Å². The average Bonchev–Trinajstić information content (AvgIpc) is 2.99. The van der Waals surface area contributed by atoms with Gasteiger partial charge in [0.15, 0.2) is 0 Å². The van der Waals surface area contributed by atoms with Crippen LogP contribution in [-0.4, -0.2) is 46.8 Å². The highest BCUT2D eigenvalue weighted by Crippen LogP contribution is 2.34. The SMILES string of the molecule is CSC1CCC(N2CC(=O)NC(C3CCCCC3)C2=O)C1. The molecule has 3 rings (SSSR count). The molecule has 0 aromatic rings. The van der Waals surface area contributed by atoms with Crippen LogP contribution in [0.25, 0.3) is 0 Å². The van der Waals surface area contributed by atoms with E-state index in [-0.39, 0.29) is 30.4 Å². The van der Waals surface area contributed by atoms with E-state index in [0.29, 0.717) is 11.2 Å². The van der Waals surface area contributed by atoms with Crippen LogP contribution in [0.4, 0.5) is 0 Å². The molecule has 1 saturated heterocycles. The minimum absolute atomic E-state index is 0.0396. The van der Waals surface area contributed by atoms with Crippen molar-refractivity contribution in [3.8, 4) is 0 Å². The Kier molecular flexibility index (Phi) is 4.77. The lowest BCUT2D eigenvalue weighted by Gasteiger charge is -2.40. The number of amides is 2. The van der Waals surface area contributed by atoms with E-state index in [1.54, 1.807) is 0 Å². The molecule has 0 aromatic heterocycles. The highest BCUT2D eigenvalue weighted by Gasteiger charge is 2.42. The van der Waals surface area contributed by atoms with Gasteiger partial charge in [0.25, 0.3) is 0 Å². The number of hydrogen-bond acceptors (Lipinski definition) is 3. The van der Waals surface area contributed by atoms with Crippen LogP contribution in [0.2, 0.25) is 0 Å². The van der Waals surface area contributed by atoms with Gasteiger partial charge in [0, 0.05) is 11.3 Å². The Bertz CT molecular complexity index is 409. The lowest BCUT2D eigenvalue weighted by atomic mass is 9.82. The summed E-state index contributed by atoms with van der Waals surface area (Å²) in [4.78, 5) is 26.8. The molecule has 21 heavy (non-hydrogen) atoms. The Morgan fingerprint density at radius 1 is 1.10 bits per heavy atom. The van der Waals surface area contributed by atoms with E-state index in [1.165, 1.54) is 25.7 Å². The van der Waals surface area contributed by atoms with Gasteiger partial charge in [-0.05, 0) is 44.3 Å². The molecule has 5 heteroatoms. The maximum absolute atomic E-state index is 12.9. The number of nitrogens with one attached hydrogen (secondary N) is 1. The Labute approximate surface area is 131 Å². The maximum Gasteiger partial charge on any atom is 0.246 e. The van der Waals surface area contributed by atoms with Gasteiger partial charge in [0.05, 0.1) is 6.54 Å². The summed E-state index contributed by atoms with van der Waals surface area (Å²) in [5.74, 6) is 0.585. The second-order valence-corrected chi connectivity index (χ2v) is 7.87. The van der Waals surface area contributed by atoms with Gasteiger partial charge in [-0.1, -0.05) is 19.3 Å². The van der Waals surface area contributed by atoms with E-state index in [2.05, 4.69) is 11.6 Å². The fourth-order valence-electron chi connectivity index (χ4n) is 4.20. The summed E-state index contributed by atoms with van der Waals surface area (Å²) in [5, 5.41) is 3.63. The fourth-order valence-corrected chi connectivity index (χ4v) is 4.99. The minimum Gasteiger partial charge on any atom is -0.342 e. The number of carbonyl (C=O) groups is 2. The van der Waals surface area contributed by atoms with Crippen molar-refractivity contribution >= 4 is 23.6 Å². The molecule has 2 saturated carbocycles. The quantitative estimate of drug-likeness (QED) is 0.869. The number of nitrogens with zero attached hydrogens (tertiary/aromatic N) is 1. The van der Waals surface area contributed by atoms with Crippen molar-refractivity contribution in [3.63, 3.8) is 0 Å². The van der Waals surface area contributed by atoms with E-state index in [4.69, 9.17) is 0 Å². The van der Waals surface area contributed by atoms with Crippen molar-refractivity contribution in [2.45, 2.75) is 68.7 Å². The Morgan fingerprint density at radius 3 is 2.52 bits per heavy atom. The summed E-state index contributed by atoms with van der Waals surface area (Å²) in [7, 11) is 0. The van der Waals surface area contributed by atoms with Crippen LogP contribution in [0.5, 0.6) is 0 Å². The lowest BCUT2D eigenvalue weighted by Crippen LogP contribution is -2.62. The standard InChI is InChI=1S/C16H26N2O2S/c1-21-13-8-7-12(9-13)18-10-14(19)17-15(16(18)20)11-5-3-2-4-6-11/h11-13,15H,2-10H2,1H3,(H,17,19). The van der Waals surface area contributed by atoms with Crippen LogP contribution in [-0.2, 0) is 9.59 Å². The van der Waals surface area contributed by atoms with Crippen LogP contribution in [0.1, 0.15) is 51.4 Å². The zero-order valence-corrected chi connectivity index (χ0v) is 13.7. The molecule has 3 unspecified atom stereocenters. The molecule has 3 aliphatic rings. The average molecular weight is 310 g/mol. The normalized spacial score (nSPS) is 35.1. The second kappa shape index (κ2) is 6.59. The summed E-state index contributed by atoms with van der Waals surface area (Å²) < 4.78 is 0. The molecular weight excluding hydrogens is 284 g/mol. The van der Waals surface area contributed by atoms with E-state index >= 15 is 0 Å². The molecule has 3 atom stereocenters. The van der Waals surface area contributed by atoms with Gasteiger partial charge in [0.1, 0.15) is 6.04 Å². The maximum atomic E-state index is 12.9. The van der Waals surface area contributed by atoms with Gasteiger partial charge in [0.2, 0.25) is 11.8 Å². The third-order valence-electron chi connectivity index (χ3n) is 5.43. The van der Waals surface area contributed by atoms with Gasteiger partial charge >= 0.3 is 0 Å². The van der Waals surface area contributed by atoms with Crippen molar-refractivity contribution in [1.29, 1.82) is 0 Å². The molecule has 2 aliphatic carbocycles. The molecule has 4 nitrogen and oxygen atoms in total. The van der Waals surface area contributed by atoms with Crippen molar-refractivity contribution < 1.29 is 9.59 Å². The number of piperazine rings is 1. The summed E-state index contributed by atoms with van der Waals surface area (Å²) in [6.07, 6.45) is 11.3. The topological polar surface area (TPSA) is 49.4 Å². The molecule has 2 amide bonds. The van der Waals surface area contributed by atoms with Crippen LogP contribution in [0.15, 0.2) is 0 Å². The first-order chi connectivity index (χ1) is 10.2. The monoisotopic (exact) mass is 310 g/mol. The summed E-state index contributed by atoms with van der Waals surface area (Å²) in [5.41, 5.74) is 0. The van der Waals surface area contributed by atoms with Crippen molar-refractivity contribution in [3.05, 3.63) is 0 Å². The largest absolute Gasteiger partial charge is 0.342 e. The molecule has 0 radical (unpaired) electrons. The molecule has 0 spiro atoms. The first-order valence-corrected chi connectivity index (χ1v) is 9.60. The molecule has 0 aromatic carbocycles. The number of thioether (sulfide) groups is 1. The molecule has 1 N–H and O–H groups in total. The Morgan fingerprint density at radius 2 is 1.86 bits per heavy atom. The fraction of sp³-hybridized carbons (Fsp3) is 0.875. The third kappa shape index (κ3) is 3.22. The highest BCUT2D eigenvalue weighted by atomic mass is 32.2. The predicted octanol–water partition coefficient (Wildman–Crippen LogP) is 2.18. The van der Waals surface area contributed by atoms with E-state index in [9.17, 15) is 9.59 Å². The van der Waals surface area contributed by atoms with Crippen molar-refractivity contribution in [1.82, 2.24) is 10.2 Å². The third-order valence-corrected chi connectivity index (χ3v) is 6.53. The minimum atomic E-state index is -0.250. The lowest BCUT2D eigenvalue weighted by molar-refractivity contribution is -0.148. The zero-order valence-electron chi connectivity index (χ0n) is 12.8. The van der Waals surface area contributed by atoms with Gasteiger partial charge < -0.3 is 10.2 Å². The molecular formula is C16H26N2O2S. The summed E-state index contributed by atoms with van der Waals surface area (Å²) >= 11 is 1.89. The molecule has 118 valence electrons. The molecule has 0 bridgehead atoms. The first-order valence-electron chi connectivity index (χ1n) is 8.31. The van der Waals surface area contributed by atoms with Gasteiger partial charge in [-0.3, -0.25) is 9.59 Å². The first kappa shape index (κ1) is 15.2. The van der Waals surface area contributed by atoms with Gasteiger partial charge in [-0.15, -0.1) is 0 Å². The van der Waals surface area contributed by atoms with E-state index in [0.717, 1.165) is 25.7 Å².